The molecule has 0 aliphatic rings. The standard InChI is InChI=1S/C15H14BrClN2O/c1-18-15(20)10-2-5-13(6-3-10)19-9-11-8-12(16)4-7-14(11)17/h2-8,19H,9H2,1H3,(H,18,20). The van der Waals surface area contributed by atoms with Crippen LogP contribution in [0.25, 0.3) is 0 Å². The van der Waals surface area contributed by atoms with Crippen LogP contribution in [0, 0.1) is 0 Å². The summed E-state index contributed by atoms with van der Waals surface area (Å²) in [6, 6.07) is 13.1. The highest BCUT2D eigenvalue weighted by atomic mass is 79.9. The number of rotatable bonds is 4. The van der Waals surface area contributed by atoms with Crippen LogP contribution in [-0.2, 0) is 6.54 Å². The van der Waals surface area contributed by atoms with E-state index in [4.69, 9.17) is 11.6 Å². The topological polar surface area (TPSA) is 41.1 Å². The molecule has 2 N–H and O–H groups in total. The van der Waals surface area contributed by atoms with Gasteiger partial charge in [0.05, 0.1) is 0 Å². The first kappa shape index (κ1) is 14.9. The number of halogens is 2. The molecule has 3 nitrogen and oxygen atoms in total. The van der Waals surface area contributed by atoms with Crippen LogP contribution >= 0.6 is 27.5 Å². The van der Waals surface area contributed by atoms with Crippen molar-refractivity contribution in [3.05, 3.63) is 63.1 Å². The molecule has 0 spiro atoms. The Morgan fingerprint density at radius 3 is 2.55 bits per heavy atom. The van der Waals surface area contributed by atoms with Crippen molar-refractivity contribution in [2.24, 2.45) is 0 Å². The Labute approximate surface area is 131 Å². The largest absolute Gasteiger partial charge is 0.381 e. The van der Waals surface area contributed by atoms with Crippen LogP contribution in [0.3, 0.4) is 0 Å². The number of carbonyl (C=O) groups excluding carboxylic acids is 1. The summed E-state index contributed by atoms with van der Waals surface area (Å²) in [6.45, 7) is 0.623. The van der Waals surface area contributed by atoms with Crippen molar-refractivity contribution in [2.75, 3.05) is 12.4 Å². The van der Waals surface area contributed by atoms with E-state index >= 15 is 0 Å². The Morgan fingerprint density at radius 1 is 1.20 bits per heavy atom. The minimum Gasteiger partial charge on any atom is -0.381 e. The molecule has 2 rings (SSSR count). The summed E-state index contributed by atoms with van der Waals surface area (Å²) in [6.07, 6.45) is 0. The lowest BCUT2D eigenvalue weighted by molar-refractivity contribution is 0.0963. The molecule has 1 amide bonds. The molecule has 0 unspecified atom stereocenters. The van der Waals surface area contributed by atoms with E-state index in [0.717, 1.165) is 20.7 Å². The quantitative estimate of drug-likeness (QED) is 0.870. The average Bonchev–Trinajstić information content (AvgIpc) is 2.48. The first-order chi connectivity index (χ1) is 9.60. The van der Waals surface area contributed by atoms with Gasteiger partial charge in [-0.3, -0.25) is 4.79 Å². The van der Waals surface area contributed by atoms with Gasteiger partial charge in [-0.2, -0.15) is 0 Å². The number of anilines is 1. The maximum atomic E-state index is 11.4. The Hall–Kier alpha value is -1.52. The van der Waals surface area contributed by atoms with E-state index in [1.807, 2.05) is 30.3 Å². The number of benzene rings is 2. The van der Waals surface area contributed by atoms with Gasteiger partial charge in [0.15, 0.2) is 0 Å². The number of amides is 1. The van der Waals surface area contributed by atoms with Crippen LogP contribution in [0.1, 0.15) is 15.9 Å². The molecule has 20 heavy (non-hydrogen) atoms. The molecule has 0 fully saturated rings. The molecule has 0 atom stereocenters. The Bertz CT molecular complexity index is 614. The third-order valence-corrected chi connectivity index (χ3v) is 3.73. The van der Waals surface area contributed by atoms with Crippen LogP contribution in [0.5, 0.6) is 0 Å². The molecule has 0 aliphatic carbocycles. The van der Waals surface area contributed by atoms with Gasteiger partial charge in [-0.15, -0.1) is 0 Å². The lowest BCUT2D eigenvalue weighted by Crippen LogP contribution is -2.17. The van der Waals surface area contributed by atoms with Gasteiger partial charge in [0.25, 0.3) is 5.91 Å². The van der Waals surface area contributed by atoms with Crippen LogP contribution < -0.4 is 10.6 Å². The van der Waals surface area contributed by atoms with Crippen molar-refractivity contribution in [2.45, 2.75) is 6.54 Å². The van der Waals surface area contributed by atoms with Crippen molar-refractivity contribution >= 4 is 39.1 Å². The van der Waals surface area contributed by atoms with Gasteiger partial charge in [-0.25, -0.2) is 0 Å². The monoisotopic (exact) mass is 352 g/mol. The van der Waals surface area contributed by atoms with E-state index in [-0.39, 0.29) is 5.91 Å². The highest BCUT2D eigenvalue weighted by Gasteiger charge is 2.04. The van der Waals surface area contributed by atoms with Gasteiger partial charge in [0, 0.05) is 34.3 Å². The van der Waals surface area contributed by atoms with E-state index in [1.165, 1.54) is 0 Å². The molecule has 0 aromatic heterocycles. The van der Waals surface area contributed by atoms with Crippen LogP contribution in [-0.4, -0.2) is 13.0 Å². The lowest BCUT2D eigenvalue weighted by Gasteiger charge is -2.09. The fraction of sp³-hybridized carbons (Fsp3) is 0.133. The minimum absolute atomic E-state index is 0.0911. The molecule has 0 saturated carbocycles. The van der Waals surface area contributed by atoms with E-state index in [1.54, 1.807) is 19.2 Å². The number of hydrogen-bond donors (Lipinski definition) is 2. The van der Waals surface area contributed by atoms with E-state index in [0.29, 0.717) is 12.1 Å². The van der Waals surface area contributed by atoms with E-state index in [9.17, 15) is 4.79 Å². The van der Waals surface area contributed by atoms with Gasteiger partial charge in [-0.05, 0) is 48.0 Å². The first-order valence-electron chi connectivity index (χ1n) is 6.10. The van der Waals surface area contributed by atoms with Gasteiger partial charge >= 0.3 is 0 Å². The van der Waals surface area contributed by atoms with Gasteiger partial charge in [0.2, 0.25) is 0 Å². The summed E-state index contributed by atoms with van der Waals surface area (Å²) in [5, 5.41) is 6.59. The Balaban J connectivity index is 2.04. The van der Waals surface area contributed by atoms with Crippen LogP contribution in [0.2, 0.25) is 5.02 Å². The predicted molar refractivity (Wildman–Crippen MR) is 86.3 cm³/mol. The van der Waals surface area contributed by atoms with E-state index < -0.39 is 0 Å². The van der Waals surface area contributed by atoms with Crippen molar-refractivity contribution in [3.8, 4) is 0 Å². The molecule has 104 valence electrons. The lowest BCUT2D eigenvalue weighted by atomic mass is 10.2. The van der Waals surface area contributed by atoms with Crippen molar-refractivity contribution in [3.63, 3.8) is 0 Å². The molecule has 5 heteroatoms. The third kappa shape index (κ3) is 3.74. The zero-order chi connectivity index (χ0) is 14.5. The molecule has 0 saturated heterocycles. The Morgan fingerprint density at radius 2 is 1.90 bits per heavy atom. The average molecular weight is 354 g/mol. The highest BCUT2D eigenvalue weighted by Crippen LogP contribution is 2.22. The summed E-state index contributed by atoms with van der Waals surface area (Å²) in [7, 11) is 1.61. The smallest absolute Gasteiger partial charge is 0.251 e. The van der Waals surface area contributed by atoms with Crippen LogP contribution in [0.15, 0.2) is 46.9 Å². The minimum atomic E-state index is -0.0911. The third-order valence-electron chi connectivity index (χ3n) is 2.86. The first-order valence-corrected chi connectivity index (χ1v) is 7.27. The zero-order valence-electron chi connectivity index (χ0n) is 10.9. The summed E-state index contributed by atoms with van der Waals surface area (Å²) in [5.41, 5.74) is 2.59. The van der Waals surface area contributed by atoms with Gasteiger partial charge in [0.1, 0.15) is 0 Å². The van der Waals surface area contributed by atoms with Crippen molar-refractivity contribution in [1.82, 2.24) is 5.32 Å². The number of hydrogen-bond acceptors (Lipinski definition) is 2. The van der Waals surface area contributed by atoms with Crippen molar-refractivity contribution < 1.29 is 4.79 Å². The molecule has 0 heterocycles. The molecular weight excluding hydrogens is 340 g/mol. The second kappa shape index (κ2) is 6.77. The molecular formula is C15H14BrClN2O. The summed E-state index contributed by atoms with van der Waals surface area (Å²) in [4.78, 5) is 11.4. The predicted octanol–water partition coefficient (Wildman–Crippen LogP) is 4.07. The molecule has 2 aromatic rings. The summed E-state index contributed by atoms with van der Waals surface area (Å²) < 4.78 is 0.994. The fourth-order valence-electron chi connectivity index (χ4n) is 1.76. The highest BCUT2D eigenvalue weighted by molar-refractivity contribution is 9.10. The molecule has 2 aromatic carbocycles. The maximum Gasteiger partial charge on any atom is 0.251 e. The summed E-state index contributed by atoms with van der Waals surface area (Å²) >= 11 is 9.56. The van der Waals surface area contributed by atoms with Gasteiger partial charge in [-0.1, -0.05) is 27.5 Å². The summed E-state index contributed by atoms with van der Waals surface area (Å²) in [5.74, 6) is -0.0911. The second-order valence-electron chi connectivity index (χ2n) is 4.25. The molecule has 0 bridgehead atoms. The van der Waals surface area contributed by atoms with Crippen molar-refractivity contribution in [1.29, 1.82) is 0 Å². The normalized spacial score (nSPS) is 10.2. The fourth-order valence-corrected chi connectivity index (χ4v) is 2.35. The molecule has 0 aliphatic heterocycles. The zero-order valence-corrected chi connectivity index (χ0v) is 13.3. The maximum absolute atomic E-state index is 11.4. The SMILES string of the molecule is CNC(=O)c1ccc(NCc2cc(Br)ccc2Cl)cc1. The van der Waals surface area contributed by atoms with E-state index in [2.05, 4.69) is 26.6 Å². The Kier molecular flexibility index (Phi) is 5.04. The van der Waals surface area contributed by atoms with Gasteiger partial charge < -0.3 is 10.6 Å². The second-order valence-corrected chi connectivity index (χ2v) is 5.57. The number of nitrogens with one attached hydrogen (secondary N) is 2. The molecule has 0 radical (unpaired) electrons. The van der Waals surface area contributed by atoms with Crippen LogP contribution in [0.4, 0.5) is 5.69 Å². The number of carbonyl (C=O) groups is 1.